The maximum Gasteiger partial charge on any atom is 0.215 e. The Morgan fingerprint density at radius 3 is 1.95 bits per heavy atom. The van der Waals surface area contributed by atoms with Crippen LogP contribution < -0.4 is 16.9 Å². The summed E-state index contributed by atoms with van der Waals surface area (Å²) in [7, 11) is 2.96. The van der Waals surface area contributed by atoms with Crippen LogP contribution >= 0.6 is 0 Å². The lowest BCUT2D eigenvalue weighted by molar-refractivity contribution is -0.679. The average molecular weight is 282 g/mol. The molecule has 0 fully saturated rings. The molecule has 1 aliphatic rings. The zero-order valence-electron chi connectivity index (χ0n) is 11.1. The summed E-state index contributed by atoms with van der Waals surface area (Å²) in [4.78, 5) is 27.8. The summed E-state index contributed by atoms with van der Waals surface area (Å²) < 4.78 is 0. The molecule has 0 unspecified atom stereocenters. The first-order valence-electron chi connectivity index (χ1n) is 5.50. The Bertz CT molecular complexity index is 595. The summed E-state index contributed by atoms with van der Waals surface area (Å²) in [5.41, 5.74) is 4.67. The average Bonchev–Trinajstić information content (AvgIpc) is 2.40. The van der Waals surface area contributed by atoms with Gasteiger partial charge in [0.05, 0.1) is 18.2 Å². The summed E-state index contributed by atoms with van der Waals surface area (Å²) in [5, 5.41) is 21.7. The zero-order valence-corrected chi connectivity index (χ0v) is 11.1. The van der Waals surface area contributed by atoms with Crippen LogP contribution in [0, 0.1) is 0 Å². The molecule has 1 aromatic rings. The number of rotatable bonds is 1. The molecule has 0 aliphatic heterocycles. The molecule has 0 saturated heterocycles. The van der Waals surface area contributed by atoms with E-state index in [1.165, 1.54) is 14.2 Å². The molecule has 1 aromatic carbocycles. The van der Waals surface area contributed by atoms with Crippen LogP contribution in [-0.2, 0) is 4.84 Å². The molecule has 0 radical (unpaired) electrons. The highest BCUT2D eigenvalue weighted by Gasteiger charge is 2.34. The Morgan fingerprint density at radius 2 is 1.55 bits per heavy atom. The molecule has 0 aromatic heterocycles. The van der Waals surface area contributed by atoms with Crippen molar-refractivity contribution < 1.29 is 30.5 Å². The summed E-state index contributed by atoms with van der Waals surface area (Å²) in [6, 6.07) is 2.28. The molecule has 8 heteroatoms. The number of hydrogen-bond donors (Lipinski definition) is 5. The van der Waals surface area contributed by atoms with E-state index < -0.39 is 11.6 Å². The van der Waals surface area contributed by atoms with Gasteiger partial charge < -0.3 is 21.3 Å². The Hall–Kier alpha value is -2.58. The number of ketones is 2. The van der Waals surface area contributed by atoms with Gasteiger partial charge in [0.25, 0.3) is 0 Å². The number of allylic oxidation sites excluding steroid dienone is 2. The van der Waals surface area contributed by atoms with E-state index in [0.717, 1.165) is 12.1 Å². The van der Waals surface area contributed by atoms with Crippen LogP contribution in [0.3, 0.4) is 0 Å². The van der Waals surface area contributed by atoms with Crippen LogP contribution in [0.2, 0.25) is 0 Å². The highest BCUT2D eigenvalue weighted by Crippen LogP contribution is 2.35. The monoisotopic (exact) mass is 282 g/mol. The fourth-order valence-electron chi connectivity index (χ4n) is 1.78. The molecule has 108 valence electrons. The number of phenolic OH excluding ortho intramolecular Hbond substituents is 2. The minimum absolute atomic E-state index is 0.0802. The molecule has 0 atom stereocenters. The Kier molecular flexibility index (Phi) is 4.68. The zero-order chi connectivity index (χ0) is 15.4. The number of fused-ring (bicyclic) bond motifs is 1. The molecule has 0 amide bonds. The van der Waals surface area contributed by atoms with Gasteiger partial charge in [-0.3, -0.25) is 9.59 Å². The molecule has 0 heterocycles. The van der Waals surface area contributed by atoms with Crippen molar-refractivity contribution in [2.24, 2.45) is 5.73 Å². The van der Waals surface area contributed by atoms with E-state index in [4.69, 9.17) is 5.73 Å². The second kappa shape index (κ2) is 6.04. The van der Waals surface area contributed by atoms with Gasteiger partial charge in [-0.05, 0) is 12.1 Å². The van der Waals surface area contributed by atoms with E-state index in [1.807, 2.05) is 0 Å². The molecule has 0 saturated carbocycles. The van der Waals surface area contributed by atoms with Gasteiger partial charge in [0.2, 0.25) is 11.6 Å². The SMILES string of the molecule is CNC1=C(N)C(=O)c2c(O)ccc(O)c2C1=O.CO[NH3+]. The number of nitrogens with two attached hydrogens (primary N) is 1. The molecule has 2 rings (SSSR count). The van der Waals surface area contributed by atoms with Gasteiger partial charge in [0, 0.05) is 7.05 Å². The number of carbonyl (C=O) groups is 2. The van der Waals surface area contributed by atoms with Crippen molar-refractivity contribution in [2.45, 2.75) is 0 Å². The van der Waals surface area contributed by atoms with E-state index >= 15 is 0 Å². The van der Waals surface area contributed by atoms with Crippen molar-refractivity contribution in [1.29, 1.82) is 0 Å². The van der Waals surface area contributed by atoms with E-state index in [9.17, 15) is 19.8 Å². The fourth-order valence-corrected chi connectivity index (χ4v) is 1.78. The maximum absolute atomic E-state index is 12.0. The van der Waals surface area contributed by atoms with Crippen LogP contribution in [0.25, 0.3) is 0 Å². The number of quaternary nitrogens is 1. The van der Waals surface area contributed by atoms with Gasteiger partial charge in [-0.2, -0.15) is 0 Å². The molecular formula is C12H16N3O5+. The topological polar surface area (TPSA) is 150 Å². The van der Waals surface area contributed by atoms with Crippen LogP contribution in [0.1, 0.15) is 20.7 Å². The summed E-state index contributed by atoms with van der Waals surface area (Å²) >= 11 is 0. The first-order chi connectivity index (χ1) is 9.40. The van der Waals surface area contributed by atoms with Crippen molar-refractivity contribution in [3.05, 3.63) is 34.7 Å². The molecule has 8 N–H and O–H groups in total. The predicted octanol–water partition coefficient (Wildman–Crippen LogP) is -1.34. The van der Waals surface area contributed by atoms with Crippen molar-refractivity contribution in [1.82, 2.24) is 5.32 Å². The van der Waals surface area contributed by atoms with Gasteiger partial charge in [-0.1, -0.05) is 0 Å². The number of hydrogen-bond acceptors (Lipinski definition) is 7. The summed E-state index contributed by atoms with van der Waals surface area (Å²) in [6.07, 6.45) is 0. The van der Waals surface area contributed by atoms with Crippen molar-refractivity contribution in [3.8, 4) is 11.5 Å². The Morgan fingerprint density at radius 1 is 1.15 bits per heavy atom. The van der Waals surface area contributed by atoms with Gasteiger partial charge in [0.1, 0.15) is 22.9 Å². The van der Waals surface area contributed by atoms with Crippen molar-refractivity contribution in [2.75, 3.05) is 14.2 Å². The third-order valence-electron chi connectivity index (χ3n) is 2.61. The fraction of sp³-hybridized carbons (Fsp3) is 0.167. The predicted molar refractivity (Wildman–Crippen MR) is 68.6 cm³/mol. The van der Waals surface area contributed by atoms with Gasteiger partial charge in [-0.15, -0.1) is 0 Å². The standard InChI is InChI=1S/C11H10N2O4.CH6NO/c1-13-9-8(12)10(16)6-4(14)2-3-5(15)7(6)11(9)17;1-3-2/h2-3,13-15H,12H2,1H3;1-2H3/q;+1. The number of benzene rings is 1. The number of aromatic hydroxyl groups is 2. The van der Waals surface area contributed by atoms with Crippen LogP contribution in [0.4, 0.5) is 0 Å². The van der Waals surface area contributed by atoms with E-state index in [1.54, 1.807) is 0 Å². The smallest absolute Gasteiger partial charge is 0.215 e. The molecule has 1 aliphatic carbocycles. The lowest BCUT2D eigenvalue weighted by Crippen LogP contribution is -2.46. The van der Waals surface area contributed by atoms with E-state index in [0.29, 0.717) is 0 Å². The first kappa shape index (κ1) is 15.5. The molecule has 8 nitrogen and oxygen atoms in total. The Labute approximate surface area is 114 Å². The minimum Gasteiger partial charge on any atom is -0.507 e. The highest BCUT2D eigenvalue weighted by atomic mass is 16.6. The summed E-state index contributed by atoms with van der Waals surface area (Å²) in [5.74, 6) is 0.941. The van der Waals surface area contributed by atoms with E-state index in [-0.39, 0.29) is 34.0 Å². The third-order valence-corrected chi connectivity index (χ3v) is 2.61. The lowest BCUT2D eigenvalue weighted by Gasteiger charge is -2.19. The minimum atomic E-state index is -0.683. The normalized spacial score (nSPS) is 13.6. The van der Waals surface area contributed by atoms with Crippen LogP contribution in [-0.4, -0.2) is 35.9 Å². The van der Waals surface area contributed by atoms with E-state index in [2.05, 4.69) is 16.1 Å². The van der Waals surface area contributed by atoms with Gasteiger partial charge in [0.15, 0.2) is 0 Å². The molecular weight excluding hydrogens is 266 g/mol. The lowest BCUT2D eigenvalue weighted by atomic mass is 9.89. The van der Waals surface area contributed by atoms with Gasteiger partial charge in [-0.25, -0.2) is 10.7 Å². The van der Waals surface area contributed by atoms with Crippen LogP contribution in [0.15, 0.2) is 23.5 Å². The molecule has 20 heavy (non-hydrogen) atoms. The van der Waals surface area contributed by atoms with Gasteiger partial charge >= 0.3 is 0 Å². The number of phenols is 2. The van der Waals surface area contributed by atoms with Crippen molar-refractivity contribution >= 4 is 11.6 Å². The largest absolute Gasteiger partial charge is 0.507 e. The summed E-state index contributed by atoms with van der Waals surface area (Å²) in [6.45, 7) is 0. The quantitative estimate of drug-likeness (QED) is 0.316. The molecule has 0 spiro atoms. The number of Topliss-reactive ketones (excluding diaryl/α,β-unsaturated/α-hetero) is 2. The second-order valence-electron chi connectivity index (χ2n) is 3.84. The maximum atomic E-state index is 12.0. The third kappa shape index (κ3) is 2.42. The molecule has 0 bridgehead atoms. The highest BCUT2D eigenvalue weighted by molar-refractivity contribution is 6.28. The Balaban J connectivity index is 0.000000612. The van der Waals surface area contributed by atoms with Crippen LogP contribution in [0.5, 0.6) is 11.5 Å². The number of likely N-dealkylation sites (N-methyl/N-ethyl adjacent to an activating group) is 1. The number of nitrogens with one attached hydrogen (secondary N) is 1. The first-order valence-corrected chi connectivity index (χ1v) is 5.50. The second-order valence-corrected chi connectivity index (χ2v) is 3.84. The van der Waals surface area contributed by atoms with Crippen molar-refractivity contribution in [3.63, 3.8) is 0 Å². The number of carbonyl (C=O) groups excluding carboxylic acids is 2.